The SMILES string of the molecule is OC1(CCCc2cccc(C(F)(F)F)c2F)CCN(CCN2CCC(O)(c3cccc(C(F)(F)F)c3F)CC2)CC1. The second-order valence-corrected chi connectivity index (χ2v) is 11.2. The molecule has 0 unspecified atom stereocenters. The number of benzene rings is 2. The summed E-state index contributed by atoms with van der Waals surface area (Å²) in [5.74, 6) is -2.70. The summed E-state index contributed by atoms with van der Waals surface area (Å²) >= 11 is 0. The van der Waals surface area contributed by atoms with Crippen LogP contribution in [0, 0.1) is 11.6 Å². The second-order valence-electron chi connectivity index (χ2n) is 11.2. The predicted molar refractivity (Wildman–Crippen MR) is 136 cm³/mol. The van der Waals surface area contributed by atoms with E-state index < -0.39 is 46.3 Å². The quantitative estimate of drug-likeness (QED) is 0.361. The van der Waals surface area contributed by atoms with Crippen LogP contribution in [0.3, 0.4) is 0 Å². The van der Waals surface area contributed by atoms with Crippen molar-refractivity contribution in [1.29, 1.82) is 0 Å². The highest BCUT2D eigenvalue weighted by molar-refractivity contribution is 5.33. The smallest absolute Gasteiger partial charge is 0.390 e. The summed E-state index contributed by atoms with van der Waals surface area (Å²) in [6.07, 6.45) is -7.72. The number of rotatable bonds is 8. The Morgan fingerprint density at radius 2 is 1.17 bits per heavy atom. The molecule has 2 fully saturated rings. The zero-order valence-corrected chi connectivity index (χ0v) is 22.5. The molecule has 2 aliphatic heterocycles. The normalized spacial score (nSPS) is 20.3. The first-order valence-electron chi connectivity index (χ1n) is 13.7. The van der Waals surface area contributed by atoms with Crippen molar-refractivity contribution in [2.45, 2.75) is 68.5 Å². The minimum atomic E-state index is -4.85. The Labute approximate surface area is 233 Å². The Morgan fingerprint density at radius 3 is 1.71 bits per heavy atom. The fourth-order valence-corrected chi connectivity index (χ4v) is 5.85. The Hall–Kier alpha value is -2.28. The van der Waals surface area contributed by atoms with Gasteiger partial charge in [-0.05, 0) is 62.6 Å². The summed E-state index contributed by atoms with van der Waals surface area (Å²) in [6, 6.07) is 6.18. The van der Waals surface area contributed by atoms with Crippen LogP contribution >= 0.6 is 0 Å². The molecule has 0 aliphatic carbocycles. The van der Waals surface area contributed by atoms with E-state index in [-0.39, 0.29) is 30.4 Å². The van der Waals surface area contributed by atoms with Gasteiger partial charge in [-0.25, -0.2) is 8.78 Å². The first kappa shape index (κ1) is 31.7. The molecule has 41 heavy (non-hydrogen) atoms. The lowest BCUT2D eigenvalue weighted by atomic mass is 9.83. The average molecular weight is 595 g/mol. The van der Waals surface area contributed by atoms with Gasteiger partial charge < -0.3 is 20.0 Å². The number of halogens is 8. The summed E-state index contributed by atoms with van der Waals surface area (Å²) in [6.45, 7) is 3.27. The van der Waals surface area contributed by atoms with E-state index in [0.717, 1.165) is 6.07 Å². The second kappa shape index (κ2) is 12.1. The monoisotopic (exact) mass is 594 g/mol. The molecule has 0 aromatic heterocycles. The summed E-state index contributed by atoms with van der Waals surface area (Å²) in [5, 5.41) is 21.9. The fourth-order valence-electron chi connectivity index (χ4n) is 5.85. The lowest BCUT2D eigenvalue weighted by Gasteiger charge is -2.41. The van der Waals surface area contributed by atoms with Gasteiger partial charge in [0.15, 0.2) is 0 Å². The van der Waals surface area contributed by atoms with Crippen molar-refractivity contribution in [2.75, 3.05) is 39.3 Å². The number of hydrogen-bond donors (Lipinski definition) is 2. The minimum absolute atomic E-state index is 0.0231. The summed E-state index contributed by atoms with van der Waals surface area (Å²) in [7, 11) is 0. The molecule has 2 N–H and O–H groups in total. The molecule has 2 aliphatic rings. The highest BCUT2D eigenvalue weighted by atomic mass is 19.4. The van der Waals surface area contributed by atoms with E-state index in [9.17, 15) is 45.3 Å². The standard InChI is InChI=1S/C29H34F8N2O2/c30-24-20(4-1-7-22(24)28(32,33)34)5-3-9-26(40)10-14-38(15-11-26)18-19-39-16-12-27(41,13-17-39)21-6-2-8-23(25(21)31)29(35,36)37/h1-2,4,6-8,40-41H,3,5,9-19H2. The molecular formula is C29H34F8N2O2. The number of alkyl halides is 6. The molecule has 0 amide bonds. The van der Waals surface area contributed by atoms with Crippen LogP contribution in [0.1, 0.15) is 60.8 Å². The van der Waals surface area contributed by atoms with Gasteiger partial charge in [0.1, 0.15) is 11.6 Å². The Kier molecular flexibility index (Phi) is 9.37. The van der Waals surface area contributed by atoms with Gasteiger partial charge in [-0.2, -0.15) is 26.3 Å². The van der Waals surface area contributed by atoms with Crippen LogP contribution < -0.4 is 0 Å². The Bertz CT molecular complexity index is 1180. The average Bonchev–Trinajstić information content (AvgIpc) is 2.89. The predicted octanol–water partition coefficient (Wildman–Crippen LogP) is 6.14. The first-order valence-corrected chi connectivity index (χ1v) is 13.7. The van der Waals surface area contributed by atoms with Crippen molar-refractivity contribution in [3.05, 3.63) is 70.3 Å². The van der Waals surface area contributed by atoms with Crippen LogP contribution in [0.5, 0.6) is 0 Å². The fraction of sp³-hybridized carbons (Fsp3) is 0.586. The molecule has 2 heterocycles. The molecule has 12 heteroatoms. The van der Waals surface area contributed by atoms with Gasteiger partial charge in [0.2, 0.25) is 0 Å². The van der Waals surface area contributed by atoms with Crippen molar-refractivity contribution in [1.82, 2.24) is 9.80 Å². The van der Waals surface area contributed by atoms with Gasteiger partial charge in [-0.15, -0.1) is 0 Å². The highest BCUT2D eigenvalue weighted by Gasteiger charge is 2.41. The maximum absolute atomic E-state index is 14.6. The van der Waals surface area contributed by atoms with Gasteiger partial charge in [0, 0.05) is 44.8 Å². The van der Waals surface area contributed by atoms with Crippen LogP contribution in [-0.4, -0.2) is 64.9 Å². The number of aliphatic hydroxyl groups is 2. The molecule has 0 spiro atoms. The molecule has 0 saturated carbocycles. The van der Waals surface area contributed by atoms with E-state index in [0.29, 0.717) is 77.1 Å². The van der Waals surface area contributed by atoms with E-state index in [2.05, 4.69) is 9.80 Å². The number of likely N-dealkylation sites (tertiary alicyclic amines) is 2. The molecule has 4 rings (SSSR count). The van der Waals surface area contributed by atoms with Crippen molar-refractivity contribution in [2.24, 2.45) is 0 Å². The van der Waals surface area contributed by atoms with E-state index in [1.54, 1.807) is 0 Å². The molecule has 2 saturated heterocycles. The zero-order chi connectivity index (χ0) is 30.1. The maximum atomic E-state index is 14.6. The molecule has 4 nitrogen and oxygen atoms in total. The third-order valence-electron chi connectivity index (χ3n) is 8.48. The third-order valence-corrected chi connectivity index (χ3v) is 8.48. The van der Waals surface area contributed by atoms with Gasteiger partial charge >= 0.3 is 12.4 Å². The molecule has 2 aromatic carbocycles. The molecule has 0 bridgehead atoms. The highest BCUT2D eigenvalue weighted by Crippen LogP contribution is 2.39. The Morgan fingerprint density at radius 1 is 0.683 bits per heavy atom. The summed E-state index contributed by atoms with van der Waals surface area (Å²) in [5.41, 5.74) is -5.70. The number of piperidine rings is 2. The van der Waals surface area contributed by atoms with E-state index in [4.69, 9.17) is 0 Å². The van der Waals surface area contributed by atoms with Gasteiger partial charge in [0.05, 0.1) is 22.3 Å². The van der Waals surface area contributed by atoms with E-state index in [1.807, 2.05) is 0 Å². The summed E-state index contributed by atoms with van der Waals surface area (Å²) < 4.78 is 107. The Balaban J connectivity index is 1.20. The lowest BCUT2D eigenvalue weighted by Crippen LogP contribution is -2.48. The largest absolute Gasteiger partial charge is 0.419 e. The van der Waals surface area contributed by atoms with Gasteiger partial charge in [-0.1, -0.05) is 24.3 Å². The molecule has 2 aromatic rings. The molecule has 228 valence electrons. The minimum Gasteiger partial charge on any atom is -0.390 e. The number of nitrogens with zero attached hydrogens (tertiary/aromatic N) is 2. The third kappa shape index (κ3) is 7.57. The lowest BCUT2D eigenvalue weighted by molar-refractivity contribution is -0.141. The van der Waals surface area contributed by atoms with Crippen LogP contribution in [0.4, 0.5) is 35.1 Å². The van der Waals surface area contributed by atoms with Crippen LogP contribution in [0.15, 0.2) is 36.4 Å². The first-order chi connectivity index (χ1) is 19.1. The van der Waals surface area contributed by atoms with Gasteiger partial charge in [-0.3, -0.25) is 0 Å². The van der Waals surface area contributed by atoms with E-state index >= 15 is 0 Å². The van der Waals surface area contributed by atoms with Crippen molar-refractivity contribution in [3.63, 3.8) is 0 Å². The zero-order valence-electron chi connectivity index (χ0n) is 22.5. The number of aryl methyl sites for hydroxylation is 1. The van der Waals surface area contributed by atoms with Crippen molar-refractivity contribution in [3.8, 4) is 0 Å². The van der Waals surface area contributed by atoms with Crippen molar-refractivity contribution >= 4 is 0 Å². The van der Waals surface area contributed by atoms with Crippen LogP contribution in [0.25, 0.3) is 0 Å². The molecular weight excluding hydrogens is 560 g/mol. The topological polar surface area (TPSA) is 46.9 Å². The van der Waals surface area contributed by atoms with Crippen LogP contribution in [0.2, 0.25) is 0 Å². The van der Waals surface area contributed by atoms with Crippen molar-refractivity contribution < 1.29 is 45.3 Å². The number of hydrogen-bond acceptors (Lipinski definition) is 4. The molecule has 0 radical (unpaired) electrons. The van der Waals surface area contributed by atoms with E-state index in [1.165, 1.54) is 18.2 Å². The summed E-state index contributed by atoms with van der Waals surface area (Å²) in [4.78, 5) is 4.22. The van der Waals surface area contributed by atoms with Crippen LogP contribution in [-0.2, 0) is 24.4 Å². The molecule has 0 atom stereocenters. The maximum Gasteiger partial charge on any atom is 0.419 e. The van der Waals surface area contributed by atoms with Gasteiger partial charge in [0.25, 0.3) is 0 Å².